The third kappa shape index (κ3) is 2.92. The molecule has 0 spiro atoms. The topological polar surface area (TPSA) is 80.8 Å². The summed E-state index contributed by atoms with van der Waals surface area (Å²) in [6, 6.07) is 13.0. The molecule has 1 unspecified atom stereocenters. The van der Waals surface area contributed by atoms with Gasteiger partial charge in [0.2, 0.25) is 5.54 Å². The standard InChI is InChI=1S/C20H21NO5S/c1-4-26-19(23)20(15(3)22)13-16-7-5-6-8-18(16)21(20)27(24,25)17-11-9-14(2)10-12-17/h5-12H,4,13H2,1-3H3. The maximum absolute atomic E-state index is 13.5. The maximum Gasteiger partial charge on any atom is 0.341 e. The Morgan fingerprint density at radius 1 is 1.11 bits per heavy atom. The van der Waals surface area contributed by atoms with E-state index in [1.807, 2.05) is 6.92 Å². The predicted octanol–water partition coefficient (Wildman–Crippen LogP) is 2.64. The number of hydrogen-bond acceptors (Lipinski definition) is 5. The van der Waals surface area contributed by atoms with Crippen molar-refractivity contribution in [3.8, 4) is 0 Å². The summed E-state index contributed by atoms with van der Waals surface area (Å²) in [5, 5.41) is 0. The molecule has 6 nitrogen and oxygen atoms in total. The normalized spacial score (nSPS) is 18.9. The number of hydrogen-bond donors (Lipinski definition) is 0. The summed E-state index contributed by atoms with van der Waals surface area (Å²) in [6.45, 7) is 4.73. The second kappa shape index (κ2) is 6.81. The number of sulfonamides is 1. The van der Waals surface area contributed by atoms with Gasteiger partial charge in [-0.05, 0) is 44.5 Å². The minimum Gasteiger partial charge on any atom is -0.464 e. The lowest BCUT2D eigenvalue weighted by Crippen LogP contribution is -2.60. The highest BCUT2D eigenvalue weighted by molar-refractivity contribution is 7.93. The lowest BCUT2D eigenvalue weighted by molar-refractivity contribution is -0.152. The van der Waals surface area contributed by atoms with Crippen LogP contribution in [0.3, 0.4) is 0 Å². The third-order valence-corrected chi connectivity index (χ3v) is 6.62. The number of carbonyl (C=O) groups excluding carboxylic acids is 2. The van der Waals surface area contributed by atoms with Crippen LogP contribution < -0.4 is 4.31 Å². The van der Waals surface area contributed by atoms with Crippen molar-refractivity contribution in [2.45, 2.75) is 37.6 Å². The van der Waals surface area contributed by atoms with Crippen molar-refractivity contribution < 1.29 is 22.7 Å². The molecule has 0 amide bonds. The van der Waals surface area contributed by atoms with Gasteiger partial charge in [0, 0.05) is 6.42 Å². The summed E-state index contributed by atoms with van der Waals surface area (Å²) in [5.41, 5.74) is -0.111. The Hall–Kier alpha value is -2.67. The highest BCUT2D eigenvalue weighted by atomic mass is 32.2. The molecule has 2 aromatic carbocycles. The highest BCUT2D eigenvalue weighted by Crippen LogP contribution is 2.44. The third-order valence-electron chi connectivity index (χ3n) is 4.76. The molecule has 0 N–H and O–H groups in total. The van der Waals surface area contributed by atoms with E-state index in [9.17, 15) is 18.0 Å². The summed E-state index contributed by atoms with van der Waals surface area (Å²) >= 11 is 0. The first-order chi connectivity index (χ1) is 12.7. The van der Waals surface area contributed by atoms with Crippen LogP contribution in [0.4, 0.5) is 5.69 Å². The molecule has 7 heteroatoms. The van der Waals surface area contributed by atoms with Crippen molar-refractivity contribution in [2.75, 3.05) is 10.9 Å². The number of nitrogens with zero attached hydrogens (tertiary/aromatic N) is 1. The molecule has 142 valence electrons. The summed E-state index contributed by atoms with van der Waals surface area (Å²) < 4.78 is 33.1. The molecule has 0 radical (unpaired) electrons. The molecule has 0 saturated heterocycles. The average Bonchev–Trinajstić information content (AvgIpc) is 2.99. The minimum atomic E-state index is -4.17. The van der Waals surface area contributed by atoms with Crippen LogP contribution in [0.15, 0.2) is 53.4 Å². The van der Waals surface area contributed by atoms with Gasteiger partial charge in [-0.2, -0.15) is 0 Å². The van der Waals surface area contributed by atoms with Gasteiger partial charge in [0.25, 0.3) is 10.0 Å². The molecular weight excluding hydrogens is 366 g/mol. The van der Waals surface area contributed by atoms with Gasteiger partial charge < -0.3 is 4.74 Å². The molecule has 0 fully saturated rings. The van der Waals surface area contributed by atoms with Crippen LogP contribution in [0.2, 0.25) is 0 Å². The van der Waals surface area contributed by atoms with Crippen molar-refractivity contribution in [3.63, 3.8) is 0 Å². The smallest absolute Gasteiger partial charge is 0.341 e. The Kier molecular flexibility index (Phi) is 4.82. The number of carbonyl (C=O) groups is 2. The molecule has 0 aliphatic carbocycles. The largest absolute Gasteiger partial charge is 0.464 e. The summed E-state index contributed by atoms with van der Waals surface area (Å²) in [5.74, 6) is -1.43. The Bertz CT molecular complexity index is 997. The summed E-state index contributed by atoms with van der Waals surface area (Å²) in [6.07, 6.45) is -0.0531. The predicted molar refractivity (Wildman–Crippen MR) is 101 cm³/mol. The molecule has 1 heterocycles. The van der Waals surface area contributed by atoms with Crippen LogP contribution in [0.25, 0.3) is 0 Å². The fourth-order valence-electron chi connectivity index (χ4n) is 3.38. The van der Waals surface area contributed by atoms with Crippen molar-refractivity contribution in [2.24, 2.45) is 0 Å². The first-order valence-corrected chi connectivity index (χ1v) is 10.1. The van der Waals surface area contributed by atoms with E-state index < -0.39 is 27.3 Å². The lowest BCUT2D eigenvalue weighted by atomic mass is 9.91. The van der Waals surface area contributed by atoms with Crippen LogP contribution in [-0.4, -0.2) is 32.3 Å². The SMILES string of the molecule is CCOC(=O)C1(C(C)=O)Cc2ccccc2N1S(=O)(=O)c1ccc(C)cc1. The monoisotopic (exact) mass is 387 g/mol. The van der Waals surface area contributed by atoms with Gasteiger partial charge in [-0.3, -0.25) is 4.79 Å². The molecule has 1 atom stereocenters. The molecule has 1 aliphatic heterocycles. The average molecular weight is 387 g/mol. The molecule has 0 aromatic heterocycles. The Morgan fingerprint density at radius 2 is 1.74 bits per heavy atom. The second-order valence-corrected chi connectivity index (χ2v) is 8.31. The fraction of sp³-hybridized carbons (Fsp3) is 0.300. The molecular formula is C20H21NO5S. The number of Topliss-reactive ketones (excluding diaryl/α,β-unsaturated/α-hetero) is 1. The maximum atomic E-state index is 13.5. The molecule has 27 heavy (non-hydrogen) atoms. The van der Waals surface area contributed by atoms with E-state index in [0.29, 0.717) is 11.3 Å². The molecule has 3 rings (SSSR count). The van der Waals surface area contributed by atoms with Crippen LogP contribution in [0.5, 0.6) is 0 Å². The lowest BCUT2D eigenvalue weighted by Gasteiger charge is -2.35. The van der Waals surface area contributed by atoms with Crippen molar-refractivity contribution >= 4 is 27.5 Å². The quantitative estimate of drug-likeness (QED) is 0.582. The first kappa shape index (κ1) is 19.1. The van der Waals surface area contributed by atoms with Gasteiger partial charge in [0.05, 0.1) is 17.2 Å². The number of aryl methyl sites for hydroxylation is 1. The minimum absolute atomic E-state index is 0.0136. The van der Waals surface area contributed by atoms with Crippen molar-refractivity contribution in [1.29, 1.82) is 0 Å². The first-order valence-electron chi connectivity index (χ1n) is 8.63. The van der Waals surface area contributed by atoms with Crippen molar-refractivity contribution in [1.82, 2.24) is 0 Å². The number of anilines is 1. The number of para-hydroxylation sites is 1. The number of esters is 1. The number of fused-ring (bicyclic) bond motifs is 1. The van der Waals surface area contributed by atoms with E-state index in [1.165, 1.54) is 19.1 Å². The zero-order valence-corrected chi connectivity index (χ0v) is 16.2. The van der Waals surface area contributed by atoms with Crippen LogP contribution in [0.1, 0.15) is 25.0 Å². The van der Waals surface area contributed by atoms with Crippen LogP contribution in [0, 0.1) is 6.92 Å². The van der Waals surface area contributed by atoms with E-state index in [0.717, 1.165) is 9.87 Å². The van der Waals surface area contributed by atoms with Gasteiger partial charge >= 0.3 is 5.97 Å². The van der Waals surface area contributed by atoms with Gasteiger partial charge in [0.1, 0.15) is 0 Å². The van der Waals surface area contributed by atoms with Gasteiger partial charge in [-0.15, -0.1) is 0 Å². The molecule has 0 saturated carbocycles. The number of ketones is 1. The Morgan fingerprint density at radius 3 is 2.33 bits per heavy atom. The highest BCUT2D eigenvalue weighted by Gasteiger charge is 2.59. The second-order valence-electron chi connectivity index (χ2n) is 6.52. The van der Waals surface area contributed by atoms with E-state index >= 15 is 0 Å². The van der Waals surface area contributed by atoms with E-state index in [-0.39, 0.29) is 17.9 Å². The van der Waals surface area contributed by atoms with Gasteiger partial charge in [0.15, 0.2) is 5.78 Å². The number of ether oxygens (including phenoxy) is 1. The zero-order chi connectivity index (χ0) is 19.8. The van der Waals surface area contributed by atoms with Gasteiger partial charge in [-0.25, -0.2) is 17.5 Å². The summed E-state index contributed by atoms with van der Waals surface area (Å²) in [4.78, 5) is 25.6. The van der Waals surface area contributed by atoms with Crippen molar-refractivity contribution in [3.05, 3.63) is 59.7 Å². The Balaban J connectivity index is 2.28. The van der Waals surface area contributed by atoms with E-state index in [2.05, 4.69) is 0 Å². The molecule has 1 aliphatic rings. The van der Waals surface area contributed by atoms with Crippen LogP contribution >= 0.6 is 0 Å². The zero-order valence-electron chi connectivity index (χ0n) is 15.4. The number of benzene rings is 2. The molecule has 2 aromatic rings. The van der Waals surface area contributed by atoms with Crippen LogP contribution in [-0.2, 0) is 30.8 Å². The Labute approximate surface area is 158 Å². The fourth-order valence-corrected chi connectivity index (χ4v) is 5.18. The number of rotatable bonds is 5. The molecule has 0 bridgehead atoms. The van der Waals surface area contributed by atoms with E-state index in [1.54, 1.807) is 43.3 Å². The van der Waals surface area contributed by atoms with Gasteiger partial charge in [-0.1, -0.05) is 35.9 Å². The van der Waals surface area contributed by atoms with E-state index in [4.69, 9.17) is 4.74 Å². The summed E-state index contributed by atoms with van der Waals surface area (Å²) in [7, 11) is -4.17.